The maximum absolute atomic E-state index is 13.4. The zero-order valence-electron chi connectivity index (χ0n) is 21.1. The number of rotatable bonds is 9. The smallest absolute Gasteiger partial charge is 0.191 e. The highest BCUT2D eigenvalue weighted by molar-refractivity contribution is 7.91. The highest BCUT2D eigenvalue weighted by Gasteiger charge is 2.44. The summed E-state index contributed by atoms with van der Waals surface area (Å²) in [5.74, 6) is -0.156. The molecule has 5 rings (SSSR count). The molecule has 0 unspecified atom stereocenters. The molecule has 4 aromatic carbocycles. The molecule has 0 radical (unpaired) electrons. The van der Waals surface area contributed by atoms with Crippen molar-refractivity contribution in [3.05, 3.63) is 144 Å². The summed E-state index contributed by atoms with van der Waals surface area (Å²) in [6.45, 7) is 5.53. The van der Waals surface area contributed by atoms with Crippen molar-refractivity contribution < 1.29 is 12.9 Å². The monoisotopic (exact) mass is 509 g/mol. The van der Waals surface area contributed by atoms with Crippen molar-refractivity contribution in [3.8, 4) is 0 Å². The Morgan fingerprint density at radius 2 is 1.30 bits per heavy atom. The lowest BCUT2D eigenvalue weighted by atomic mass is 9.90. The van der Waals surface area contributed by atoms with Gasteiger partial charge in [0.15, 0.2) is 9.84 Å². The Labute approximate surface area is 220 Å². The van der Waals surface area contributed by atoms with Crippen LogP contribution < -0.4 is 5.32 Å². The average molecular weight is 510 g/mol. The first-order valence-electron chi connectivity index (χ1n) is 12.6. The van der Waals surface area contributed by atoms with Gasteiger partial charge in [-0.2, -0.15) is 0 Å². The predicted octanol–water partition coefficient (Wildman–Crippen LogP) is 6.29. The maximum Gasteiger partial charge on any atom is 0.191 e. The van der Waals surface area contributed by atoms with E-state index in [1.54, 1.807) is 30.3 Å². The number of benzene rings is 4. The molecule has 1 aliphatic heterocycles. The molecule has 0 saturated carbocycles. The van der Waals surface area contributed by atoms with Crippen LogP contribution in [0.4, 0.5) is 0 Å². The molecule has 188 valence electrons. The van der Waals surface area contributed by atoms with Crippen molar-refractivity contribution in [1.29, 1.82) is 0 Å². The van der Waals surface area contributed by atoms with Crippen molar-refractivity contribution in [2.75, 3.05) is 12.9 Å². The van der Waals surface area contributed by atoms with Gasteiger partial charge in [0, 0.05) is 16.7 Å². The summed E-state index contributed by atoms with van der Waals surface area (Å²) in [5.41, 5.74) is 5.86. The van der Waals surface area contributed by atoms with Gasteiger partial charge in [0.25, 0.3) is 0 Å². The van der Waals surface area contributed by atoms with Crippen molar-refractivity contribution in [1.82, 2.24) is 5.32 Å². The summed E-state index contributed by atoms with van der Waals surface area (Å²) in [6, 6.07) is 36.0. The van der Waals surface area contributed by atoms with Crippen LogP contribution in [0.5, 0.6) is 0 Å². The number of hydrogen-bond acceptors (Lipinski definition) is 3. The molecule has 1 heterocycles. The lowest BCUT2D eigenvalue weighted by molar-refractivity contribution is -0.960. The number of fused-ring (bicyclic) bond motifs is 1. The molecule has 0 aliphatic carbocycles. The van der Waals surface area contributed by atoms with E-state index in [0.29, 0.717) is 4.90 Å². The zero-order chi connectivity index (χ0) is 25.9. The molecular weight excluding hydrogens is 476 g/mol. The minimum Gasteiger partial charge on any atom is -0.311 e. The molecule has 2 atom stereocenters. The molecule has 5 heteroatoms. The van der Waals surface area contributed by atoms with E-state index in [-0.39, 0.29) is 18.0 Å². The van der Waals surface area contributed by atoms with E-state index in [1.807, 2.05) is 24.3 Å². The van der Waals surface area contributed by atoms with Crippen LogP contribution in [0, 0.1) is 0 Å². The summed E-state index contributed by atoms with van der Waals surface area (Å²) in [7, 11) is -1.26. The van der Waals surface area contributed by atoms with Crippen LogP contribution in [0.1, 0.15) is 39.9 Å². The SMILES string of the molecule is C=Cc1ccc(S(=O)(=O)CN[C@H](c2ccccc2)[C@@H](c2ccccc2)[N+]2(C)Cc3ccccc3C2)cc1. The van der Waals surface area contributed by atoms with Crippen molar-refractivity contribution in [2.45, 2.75) is 30.1 Å². The van der Waals surface area contributed by atoms with Crippen LogP contribution >= 0.6 is 0 Å². The third-order valence-electron chi connectivity index (χ3n) is 7.44. The normalized spacial score (nSPS) is 16.0. The maximum atomic E-state index is 13.4. The summed E-state index contributed by atoms with van der Waals surface area (Å²) in [6.07, 6.45) is 1.71. The summed E-state index contributed by atoms with van der Waals surface area (Å²) >= 11 is 0. The number of nitrogens with one attached hydrogen (secondary N) is 1. The fourth-order valence-electron chi connectivity index (χ4n) is 5.63. The second kappa shape index (κ2) is 10.5. The molecule has 0 aromatic heterocycles. The Morgan fingerprint density at radius 1 is 0.784 bits per heavy atom. The predicted molar refractivity (Wildman–Crippen MR) is 150 cm³/mol. The van der Waals surface area contributed by atoms with Gasteiger partial charge in [-0.05, 0) is 23.3 Å². The number of sulfone groups is 1. The number of likely N-dealkylation sites (N-methyl/N-ethyl adjacent to an activating group) is 1. The van der Waals surface area contributed by atoms with E-state index in [1.165, 1.54) is 16.7 Å². The minimum absolute atomic E-state index is 0.00524. The van der Waals surface area contributed by atoms with E-state index in [2.05, 4.69) is 79.6 Å². The highest BCUT2D eigenvalue weighted by atomic mass is 32.2. The third-order valence-corrected chi connectivity index (χ3v) is 8.97. The second-order valence-corrected chi connectivity index (χ2v) is 12.0. The fourth-order valence-corrected chi connectivity index (χ4v) is 6.74. The standard InChI is InChI=1S/C32H33N2O2S/c1-3-25-18-20-30(21-19-25)37(35,36)24-33-31(26-12-6-4-7-13-26)32(27-14-8-5-9-15-27)34(2)22-28-16-10-11-17-29(28)23-34/h3-21,31-33H,1,22-24H2,2H3/q+1/t31-,32-/m1/s1. The molecule has 1 aliphatic rings. The van der Waals surface area contributed by atoms with E-state index in [4.69, 9.17) is 0 Å². The Balaban J connectivity index is 1.54. The Kier molecular flexibility index (Phi) is 7.11. The first kappa shape index (κ1) is 25.2. The molecule has 4 nitrogen and oxygen atoms in total. The van der Waals surface area contributed by atoms with Crippen LogP contribution in [0.15, 0.2) is 121 Å². The summed E-state index contributed by atoms with van der Waals surface area (Å²) in [5, 5.41) is 3.51. The number of quaternary nitrogens is 1. The van der Waals surface area contributed by atoms with E-state index in [9.17, 15) is 8.42 Å². The molecule has 37 heavy (non-hydrogen) atoms. The van der Waals surface area contributed by atoms with Gasteiger partial charge in [-0.25, -0.2) is 8.42 Å². The second-order valence-electron chi connectivity index (χ2n) is 10.0. The van der Waals surface area contributed by atoms with Gasteiger partial charge in [-0.3, -0.25) is 5.32 Å². The molecule has 1 N–H and O–H groups in total. The third kappa shape index (κ3) is 5.30. The van der Waals surface area contributed by atoms with Crippen molar-refractivity contribution >= 4 is 15.9 Å². The topological polar surface area (TPSA) is 46.2 Å². The van der Waals surface area contributed by atoms with E-state index >= 15 is 0 Å². The zero-order valence-corrected chi connectivity index (χ0v) is 21.9. The highest BCUT2D eigenvalue weighted by Crippen LogP contribution is 2.44. The Hall–Kier alpha value is -3.51. The van der Waals surface area contributed by atoms with Gasteiger partial charge in [0.1, 0.15) is 25.0 Å². The number of nitrogens with zero attached hydrogens (tertiary/aromatic N) is 1. The first-order chi connectivity index (χ1) is 17.9. The van der Waals surface area contributed by atoms with Crippen LogP contribution in [0.25, 0.3) is 6.08 Å². The van der Waals surface area contributed by atoms with E-state index in [0.717, 1.165) is 28.7 Å². The first-order valence-corrected chi connectivity index (χ1v) is 14.2. The summed E-state index contributed by atoms with van der Waals surface area (Å²) in [4.78, 5) is 0.308. The van der Waals surface area contributed by atoms with Crippen LogP contribution in [-0.2, 0) is 22.9 Å². The van der Waals surface area contributed by atoms with Crippen molar-refractivity contribution in [2.24, 2.45) is 0 Å². The Morgan fingerprint density at radius 3 is 1.84 bits per heavy atom. The largest absolute Gasteiger partial charge is 0.311 e. The number of hydrogen-bond donors (Lipinski definition) is 1. The molecule has 0 amide bonds. The lowest BCUT2D eigenvalue weighted by Crippen LogP contribution is -2.48. The minimum atomic E-state index is -3.55. The van der Waals surface area contributed by atoms with Gasteiger partial charge < -0.3 is 4.48 Å². The van der Waals surface area contributed by atoms with Crippen molar-refractivity contribution in [3.63, 3.8) is 0 Å². The lowest BCUT2D eigenvalue weighted by Gasteiger charge is -2.43. The summed E-state index contributed by atoms with van der Waals surface area (Å²) < 4.78 is 27.6. The molecule has 0 saturated heterocycles. The van der Waals surface area contributed by atoms with Gasteiger partial charge in [0.2, 0.25) is 0 Å². The van der Waals surface area contributed by atoms with Gasteiger partial charge in [-0.15, -0.1) is 0 Å². The van der Waals surface area contributed by atoms with Crippen LogP contribution in [-0.4, -0.2) is 25.8 Å². The Bertz CT molecular complexity index is 1440. The van der Waals surface area contributed by atoms with Gasteiger partial charge in [-0.1, -0.05) is 110 Å². The molecule has 0 spiro atoms. The van der Waals surface area contributed by atoms with Gasteiger partial charge >= 0.3 is 0 Å². The molecule has 4 aromatic rings. The average Bonchev–Trinajstić information content (AvgIpc) is 3.28. The van der Waals surface area contributed by atoms with Crippen LogP contribution in [0.3, 0.4) is 0 Å². The molecule has 0 bridgehead atoms. The van der Waals surface area contributed by atoms with Gasteiger partial charge in [0.05, 0.1) is 18.0 Å². The van der Waals surface area contributed by atoms with E-state index < -0.39 is 9.84 Å². The molecule has 0 fully saturated rings. The molecular formula is C32H33N2O2S+. The van der Waals surface area contributed by atoms with Crippen LogP contribution in [0.2, 0.25) is 0 Å². The quantitative estimate of drug-likeness (QED) is 0.270. The fraction of sp³-hybridized carbons (Fsp3) is 0.188.